The molecule has 2 aliphatic carbocycles. The van der Waals surface area contributed by atoms with Gasteiger partial charge in [0.1, 0.15) is 0 Å². The minimum absolute atomic E-state index is 0. The zero-order valence-corrected chi connectivity index (χ0v) is 36.2. The molecular weight excluding hydrogens is 746 g/mol. The molecular formula is C39H61Cl2HfSi. The van der Waals surface area contributed by atoms with Crippen molar-refractivity contribution in [2.45, 2.75) is 146 Å². The minimum atomic E-state index is -2.09. The molecule has 0 aromatic heterocycles. The third kappa shape index (κ3) is 9.11. The van der Waals surface area contributed by atoms with Crippen molar-refractivity contribution in [3.8, 4) is 0 Å². The Balaban J connectivity index is 0.00000105. The molecule has 2 aromatic rings. The number of fused-ring (bicyclic) bond motifs is 2. The molecule has 0 bridgehead atoms. The fourth-order valence-electron chi connectivity index (χ4n) is 7.05. The molecule has 0 radical (unpaired) electrons. The van der Waals surface area contributed by atoms with E-state index in [1.165, 1.54) is 25.7 Å². The summed E-state index contributed by atoms with van der Waals surface area (Å²) in [6, 6.07) is 10.3. The van der Waals surface area contributed by atoms with Crippen LogP contribution in [0, 0.1) is 0 Å². The van der Waals surface area contributed by atoms with Crippen molar-refractivity contribution < 1.29 is 45.4 Å². The van der Waals surface area contributed by atoms with Crippen LogP contribution in [-0.2, 0) is 20.6 Å². The summed E-state index contributed by atoms with van der Waals surface area (Å²) in [7, 11) is 0. The van der Waals surface area contributed by atoms with Gasteiger partial charge in [-0.2, -0.15) is 0 Å². The van der Waals surface area contributed by atoms with Crippen molar-refractivity contribution in [1.82, 2.24) is 0 Å². The van der Waals surface area contributed by atoms with Crippen molar-refractivity contribution in [2.75, 3.05) is 0 Å². The van der Waals surface area contributed by atoms with Crippen molar-refractivity contribution in [1.29, 1.82) is 0 Å². The normalized spacial score (nSPS) is 17.0. The summed E-state index contributed by atoms with van der Waals surface area (Å²) in [5.74, 6) is 2.33. The van der Waals surface area contributed by atoms with Crippen LogP contribution in [0.4, 0.5) is 0 Å². The van der Waals surface area contributed by atoms with Crippen LogP contribution in [0.3, 0.4) is 0 Å². The van der Waals surface area contributed by atoms with E-state index in [4.69, 9.17) is 0 Å². The largest absolute Gasteiger partial charge is 1.00 e. The van der Waals surface area contributed by atoms with Crippen LogP contribution >= 0.6 is 0 Å². The molecule has 0 spiro atoms. The molecule has 0 saturated heterocycles. The van der Waals surface area contributed by atoms with E-state index in [0.29, 0.717) is 23.7 Å². The van der Waals surface area contributed by atoms with Gasteiger partial charge in [0.2, 0.25) is 0 Å². The zero-order valence-electron chi connectivity index (χ0n) is 29.7. The van der Waals surface area contributed by atoms with Crippen LogP contribution in [0.2, 0.25) is 6.55 Å². The van der Waals surface area contributed by atoms with E-state index in [2.05, 4.69) is 126 Å². The molecule has 0 N–H and O–H groups in total. The van der Waals surface area contributed by atoms with E-state index < -0.39 is 20.6 Å². The minimum Gasteiger partial charge on any atom is -1.00 e. The summed E-state index contributed by atoms with van der Waals surface area (Å²) in [6.45, 7) is 31.0. The Hall–Kier alpha value is -0.413. The topological polar surface area (TPSA) is 0 Å². The molecule has 239 valence electrons. The zero-order chi connectivity index (χ0) is 30.6. The number of hydrogen-bond acceptors (Lipinski definition) is 0. The quantitative estimate of drug-likeness (QED) is 0.200. The Bertz CT molecular complexity index is 1160. The standard InChI is InChI=1S/2C16H21.C6H14.CH5Si.2ClH.Hf/c2*1-10(2)13-8-14-6-12(5)7-16(14)15(9-13)11(3)4;1-3-5-6-4-2;1-2;;;/h2*6-11H,1-5H3;3-6H2,1-2H3;2H2,1H3;2*1H;/q;;;;;;+2/p-2. The Kier molecular flexibility index (Phi) is 17.1. The van der Waals surface area contributed by atoms with Gasteiger partial charge in [0.05, 0.1) is 0 Å². The molecule has 2 atom stereocenters. The van der Waals surface area contributed by atoms with Crippen LogP contribution < -0.4 is 24.8 Å². The maximum atomic E-state index is 2.66. The number of hydrogen-bond donors (Lipinski definition) is 0. The van der Waals surface area contributed by atoms with Gasteiger partial charge in [0, 0.05) is 0 Å². The van der Waals surface area contributed by atoms with E-state index in [9.17, 15) is 0 Å². The Morgan fingerprint density at radius 3 is 1.21 bits per heavy atom. The van der Waals surface area contributed by atoms with Crippen molar-refractivity contribution in [2.24, 2.45) is 0 Å². The summed E-state index contributed by atoms with van der Waals surface area (Å²) >= 11 is -2.09. The molecule has 2 unspecified atom stereocenters. The predicted octanol–water partition coefficient (Wildman–Crippen LogP) is 6.14. The number of benzene rings is 2. The Morgan fingerprint density at radius 1 is 0.605 bits per heavy atom. The van der Waals surface area contributed by atoms with Crippen molar-refractivity contribution in [3.63, 3.8) is 0 Å². The van der Waals surface area contributed by atoms with Gasteiger partial charge in [-0.3, -0.25) is 0 Å². The number of rotatable bonds is 10. The number of halogens is 2. The van der Waals surface area contributed by atoms with Crippen molar-refractivity contribution in [3.05, 3.63) is 79.9 Å². The molecule has 0 amide bonds. The summed E-state index contributed by atoms with van der Waals surface area (Å²) < 4.78 is 1.54. The van der Waals surface area contributed by atoms with Crippen LogP contribution in [0.25, 0.3) is 12.2 Å². The molecule has 0 fully saturated rings. The Morgan fingerprint density at radius 2 is 0.953 bits per heavy atom. The fraction of sp³-hybridized carbons (Fsp3) is 0.590. The van der Waals surface area contributed by atoms with Crippen molar-refractivity contribution >= 4 is 18.9 Å². The third-order valence-corrected chi connectivity index (χ3v) is 36.6. The molecule has 0 nitrogen and oxygen atoms in total. The fourth-order valence-corrected chi connectivity index (χ4v) is 36.1. The number of unbranched alkanes of at least 4 members (excludes halogenated alkanes) is 3. The van der Waals surface area contributed by atoms with Crippen LogP contribution in [-0.4, -0.2) is 6.71 Å². The van der Waals surface area contributed by atoms with E-state index in [0.717, 1.165) is 7.35 Å². The first kappa shape index (κ1) is 40.6. The van der Waals surface area contributed by atoms with E-state index >= 15 is 0 Å². The molecule has 0 saturated carbocycles. The smallest absolute Gasteiger partial charge is 1.00 e. The van der Waals surface area contributed by atoms with E-state index in [1.807, 2.05) is 0 Å². The SMILES string of the molecule is CCCCCC.C[SiH2][Hf+2]([CH]1C(C)=Cc2c(C(C)C)cc(C(C)C)cc21)[CH]1C(C)=Cc2c(C(C)C)cc(C(C)C)cc21.[Cl-].[Cl-]. The average molecular weight is 807 g/mol. The van der Waals surface area contributed by atoms with Crippen LogP contribution in [0.15, 0.2) is 35.4 Å². The third-order valence-electron chi connectivity index (χ3n) is 9.49. The predicted molar refractivity (Wildman–Crippen MR) is 186 cm³/mol. The van der Waals surface area contributed by atoms with Gasteiger partial charge >= 0.3 is 226 Å². The van der Waals surface area contributed by atoms with Crippen LogP contribution in [0.1, 0.15) is 184 Å². The monoisotopic (exact) mass is 807 g/mol. The molecule has 4 heteroatoms. The maximum Gasteiger partial charge on any atom is -1.00 e. The second-order valence-electron chi connectivity index (χ2n) is 14.1. The van der Waals surface area contributed by atoms with Gasteiger partial charge < -0.3 is 24.8 Å². The van der Waals surface area contributed by atoms with Gasteiger partial charge in [-0.05, 0) is 0 Å². The molecule has 43 heavy (non-hydrogen) atoms. The van der Waals surface area contributed by atoms with E-state index in [1.54, 1.807) is 55.7 Å². The van der Waals surface area contributed by atoms with Gasteiger partial charge in [-0.15, -0.1) is 0 Å². The first-order valence-corrected chi connectivity index (χ1v) is 30.8. The summed E-state index contributed by atoms with van der Waals surface area (Å²) in [5.41, 5.74) is 16.3. The van der Waals surface area contributed by atoms with Gasteiger partial charge in [-0.1, -0.05) is 39.5 Å². The number of allylic oxidation sites excluding steroid dienone is 2. The second-order valence-corrected chi connectivity index (χ2v) is 37.4. The maximum absolute atomic E-state index is 2.66. The molecule has 0 aliphatic heterocycles. The molecule has 4 rings (SSSR count). The second kappa shape index (κ2) is 18.1. The Labute approximate surface area is 288 Å². The summed E-state index contributed by atoms with van der Waals surface area (Å²) in [6.07, 6.45) is 10.7. The first-order chi connectivity index (χ1) is 19.4. The van der Waals surface area contributed by atoms with Gasteiger partial charge in [-0.25, -0.2) is 0 Å². The summed E-state index contributed by atoms with van der Waals surface area (Å²) in [5, 5.41) is 0. The van der Waals surface area contributed by atoms with Crippen LogP contribution in [0.5, 0.6) is 0 Å². The van der Waals surface area contributed by atoms with Gasteiger partial charge in [0.15, 0.2) is 0 Å². The average Bonchev–Trinajstić information content (AvgIpc) is 3.42. The first-order valence-electron chi connectivity index (χ1n) is 16.9. The van der Waals surface area contributed by atoms with E-state index in [-0.39, 0.29) is 31.5 Å². The molecule has 2 aromatic carbocycles. The summed E-state index contributed by atoms with van der Waals surface area (Å²) in [4.78, 5) is 0. The molecule has 2 aliphatic rings. The molecule has 0 heterocycles. The van der Waals surface area contributed by atoms with Gasteiger partial charge in [0.25, 0.3) is 0 Å².